The SMILES string of the molecule is CCS(=O)c1ccccc1C(=O)N1CCC(CC)(CO)CC1. The molecule has 122 valence electrons. The van der Waals surface area contributed by atoms with Crippen molar-refractivity contribution in [3.8, 4) is 0 Å². The zero-order valence-electron chi connectivity index (χ0n) is 13.4. The predicted molar refractivity (Wildman–Crippen MR) is 88.3 cm³/mol. The highest BCUT2D eigenvalue weighted by Crippen LogP contribution is 2.34. The van der Waals surface area contributed by atoms with Crippen molar-refractivity contribution in [1.29, 1.82) is 0 Å². The van der Waals surface area contributed by atoms with Gasteiger partial charge in [0.1, 0.15) is 0 Å². The molecule has 0 radical (unpaired) electrons. The molecule has 1 N–H and O–H groups in total. The van der Waals surface area contributed by atoms with Crippen LogP contribution in [0, 0.1) is 5.41 Å². The third kappa shape index (κ3) is 3.41. The van der Waals surface area contributed by atoms with Crippen molar-refractivity contribution in [3.05, 3.63) is 29.8 Å². The van der Waals surface area contributed by atoms with Crippen molar-refractivity contribution in [2.45, 2.75) is 38.0 Å². The van der Waals surface area contributed by atoms with Gasteiger partial charge in [-0.05, 0) is 36.8 Å². The Hall–Kier alpha value is -1.20. The maximum Gasteiger partial charge on any atom is 0.255 e. The lowest BCUT2D eigenvalue weighted by Crippen LogP contribution is -2.44. The van der Waals surface area contributed by atoms with E-state index in [1.807, 2.05) is 24.0 Å². The lowest BCUT2D eigenvalue weighted by molar-refractivity contribution is 0.0336. The van der Waals surface area contributed by atoms with E-state index in [4.69, 9.17) is 0 Å². The summed E-state index contributed by atoms with van der Waals surface area (Å²) in [6.45, 7) is 5.44. The van der Waals surface area contributed by atoms with E-state index in [1.54, 1.807) is 12.1 Å². The summed E-state index contributed by atoms with van der Waals surface area (Å²) in [5.74, 6) is 0.466. The second-order valence-corrected chi connectivity index (χ2v) is 7.64. The van der Waals surface area contributed by atoms with E-state index >= 15 is 0 Å². The summed E-state index contributed by atoms with van der Waals surface area (Å²) in [5.41, 5.74) is 0.512. The standard InChI is InChI=1S/C17H25NO3S/c1-3-17(13-19)9-11-18(12-10-17)16(20)14-7-5-6-8-15(14)22(21)4-2/h5-8,19H,3-4,9-13H2,1-2H3. The maximum absolute atomic E-state index is 12.8. The second-order valence-electron chi connectivity index (χ2n) is 5.93. The fourth-order valence-corrected chi connectivity index (χ4v) is 3.92. The van der Waals surface area contributed by atoms with E-state index in [9.17, 15) is 14.1 Å². The highest BCUT2D eigenvalue weighted by molar-refractivity contribution is 7.85. The minimum absolute atomic E-state index is 0.0392. The lowest BCUT2D eigenvalue weighted by Gasteiger charge is -2.40. The quantitative estimate of drug-likeness (QED) is 0.905. The first-order valence-electron chi connectivity index (χ1n) is 7.94. The van der Waals surface area contributed by atoms with Crippen LogP contribution in [0.1, 0.15) is 43.5 Å². The number of aliphatic hydroxyl groups excluding tert-OH is 1. The van der Waals surface area contributed by atoms with E-state index in [-0.39, 0.29) is 17.9 Å². The van der Waals surface area contributed by atoms with E-state index in [1.165, 1.54) is 0 Å². The van der Waals surface area contributed by atoms with E-state index in [0.29, 0.717) is 29.3 Å². The maximum atomic E-state index is 12.8. The van der Waals surface area contributed by atoms with Gasteiger partial charge in [0.25, 0.3) is 5.91 Å². The van der Waals surface area contributed by atoms with Crippen LogP contribution >= 0.6 is 0 Å². The number of carbonyl (C=O) groups is 1. The van der Waals surface area contributed by atoms with Gasteiger partial charge < -0.3 is 10.0 Å². The number of nitrogens with zero attached hydrogens (tertiary/aromatic N) is 1. The highest BCUT2D eigenvalue weighted by Gasteiger charge is 2.34. The van der Waals surface area contributed by atoms with Crippen LogP contribution in [0.25, 0.3) is 0 Å². The molecular formula is C17H25NO3S. The number of benzene rings is 1. The average Bonchev–Trinajstić information content (AvgIpc) is 2.60. The Bertz CT molecular complexity index is 545. The average molecular weight is 323 g/mol. The molecule has 0 saturated carbocycles. The van der Waals surface area contributed by atoms with E-state index in [2.05, 4.69) is 6.92 Å². The Morgan fingerprint density at radius 2 is 1.91 bits per heavy atom. The van der Waals surface area contributed by atoms with Crippen molar-refractivity contribution >= 4 is 16.7 Å². The topological polar surface area (TPSA) is 57.6 Å². The normalized spacial score (nSPS) is 19.0. The zero-order valence-corrected chi connectivity index (χ0v) is 14.2. The molecule has 1 atom stereocenters. The molecule has 0 aromatic heterocycles. The van der Waals surface area contributed by atoms with Gasteiger partial charge in [-0.2, -0.15) is 0 Å². The third-order valence-electron chi connectivity index (χ3n) is 4.82. The number of aliphatic hydroxyl groups is 1. The Kier molecular flexibility index (Phi) is 5.75. The van der Waals surface area contributed by atoms with Crippen molar-refractivity contribution in [1.82, 2.24) is 4.90 Å². The Morgan fingerprint density at radius 1 is 1.27 bits per heavy atom. The summed E-state index contributed by atoms with van der Waals surface area (Å²) in [7, 11) is -1.13. The van der Waals surface area contributed by atoms with Gasteiger partial charge in [0.15, 0.2) is 0 Å². The molecule has 0 spiro atoms. The number of hydrogen-bond donors (Lipinski definition) is 1. The zero-order chi connectivity index (χ0) is 16.2. The molecule has 22 heavy (non-hydrogen) atoms. The summed E-state index contributed by atoms with van der Waals surface area (Å²) in [4.78, 5) is 15.2. The molecule has 1 aromatic carbocycles. The first-order valence-corrected chi connectivity index (χ1v) is 9.26. The number of piperidine rings is 1. The monoisotopic (exact) mass is 323 g/mol. The van der Waals surface area contributed by atoms with Gasteiger partial charge in [0.2, 0.25) is 0 Å². The van der Waals surface area contributed by atoms with Crippen molar-refractivity contribution in [3.63, 3.8) is 0 Å². The van der Waals surface area contributed by atoms with Crippen LogP contribution in [0.15, 0.2) is 29.2 Å². The van der Waals surface area contributed by atoms with Gasteiger partial charge in [-0.15, -0.1) is 0 Å². The van der Waals surface area contributed by atoms with Crippen LogP contribution in [0.4, 0.5) is 0 Å². The molecule has 1 aliphatic rings. The Morgan fingerprint density at radius 3 is 2.45 bits per heavy atom. The summed E-state index contributed by atoms with van der Waals surface area (Å²) in [6.07, 6.45) is 2.58. The summed E-state index contributed by atoms with van der Waals surface area (Å²) in [6, 6.07) is 7.18. The minimum atomic E-state index is -1.13. The third-order valence-corrected chi connectivity index (χ3v) is 6.19. The summed E-state index contributed by atoms with van der Waals surface area (Å²) < 4.78 is 12.1. The predicted octanol–water partition coefficient (Wildman–Crippen LogP) is 2.44. The largest absolute Gasteiger partial charge is 0.396 e. The molecule has 5 heteroatoms. The molecule has 0 aliphatic carbocycles. The van der Waals surface area contributed by atoms with Gasteiger partial charge in [-0.3, -0.25) is 9.00 Å². The summed E-state index contributed by atoms with van der Waals surface area (Å²) >= 11 is 0. The minimum Gasteiger partial charge on any atom is -0.396 e. The van der Waals surface area contributed by atoms with Crippen LogP contribution in [-0.2, 0) is 10.8 Å². The summed E-state index contributed by atoms with van der Waals surface area (Å²) in [5, 5.41) is 9.59. The number of rotatable bonds is 5. The fourth-order valence-electron chi connectivity index (χ4n) is 2.98. The van der Waals surface area contributed by atoms with Crippen molar-refractivity contribution in [2.75, 3.05) is 25.4 Å². The van der Waals surface area contributed by atoms with E-state index in [0.717, 1.165) is 19.3 Å². The molecule has 1 heterocycles. The first-order chi connectivity index (χ1) is 10.6. The van der Waals surface area contributed by atoms with Crippen LogP contribution in [0.5, 0.6) is 0 Å². The van der Waals surface area contributed by atoms with Crippen LogP contribution in [-0.4, -0.2) is 45.6 Å². The van der Waals surface area contributed by atoms with Gasteiger partial charge in [-0.25, -0.2) is 0 Å². The lowest BCUT2D eigenvalue weighted by atomic mass is 9.77. The molecule has 1 aliphatic heterocycles. The first kappa shape index (κ1) is 17.2. The Balaban J connectivity index is 2.16. The van der Waals surface area contributed by atoms with Crippen LogP contribution in [0.2, 0.25) is 0 Å². The number of carbonyl (C=O) groups excluding carboxylic acids is 1. The van der Waals surface area contributed by atoms with Crippen molar-refractivity contribution in [2.24, 2.45) is 5.41 Å². The molecule has 1 amide bonds. The fraction of sp³-hybridized carbons (Fsp3) is 0.588. The number of likely N-dealkylation sites (tertiary alicyclic amines) is 1. The van der Waals surface area contributed by atoms with Crippen molar-refractivity contribution < 1.29 is 14.1 Å². The highest BCUT2D eigenvalue weighted by atomic mass is 32.2. The molecule has 4 nitrogen and oxygen atoms in total. The van der Waals surface area contributed by atoms with Crippen LogP contribution < -0.4 is 0 Å². The second kappa shape index (κ2) is 7.38. The Labute approximate surface area is 135 Å². The van der Waals surface area contributed by atoms with Gasteiger partial charge in [0, 0.05) is 25.4 Å². The molecule has 1 fully saturated rings. The van der Waals surface area contributed by atoms with Gasteiger partial charge in [-0.1, -0.05) is 26.0 Å². The van der Waals surface area contributed by atoms with Gasteiger partial charge in [0.05, 0.1) is 21.3 Å². The molecule has 1 saturated heterocycles. The molecular weight excluding hydrogens is 298 g/mol. The number of hydrogen-bond acceptors (Lipinski definition) is 3. The molecule has 1 unspecified atom stereocenters. The van der Waals surface area contributed by atoms with Crippen LogP contribution in [0.3, 0.4) is 0 Å². The number of amides is 1. The van der Waals surface area contributed by atoms with E-state index < -0.39 is 10.8 Å². The molecule has 2 rings (SSSR count). The molecule has 0 bridgehead atoms. The smallest absolute Gasteiger partial charge is 0.255 e. The van der Waals surface area contributed by atoms with Gasteiger partial charge >= 0.3 is 0 Å². The molecule has 1 aromatic rings.